The van der Waals surface area contributed by atoms with Gasteiger partial charge in [0.05, 0.1) is 20.7 Å². The summed E-state index contributed by atoms with van der Waals surface area (Å²) in [7, 11) is 3.56. The highest BCUT2D eigenvalue weighted by Crippen LogP contribution is 2.22. The molecule has 0 radical (unpaired) electrons. The van der Waals surface area contributed by atoms with E-state index in [0.717, 1.165) is 21.8 Å². The molecular formula is C20H25ClN3O3+. The molecule has 7 heteroatoms. The van der Waals surface area contributed by atoms with Gasteiger partial charge >= 0.3 is 0 Å². The zero-order chi connectivity index (χ0) is 19.8. The lowest BCUT2D eigenvalue weighted by atomic mass is 10.2. The SMILES string of the molecule is COc1ccc(C[NH+](C)CC(=O)NCC(=O)Nc2cccc(Cl)c2C)cc1. The molecule has 27 heavy (non-hydrogen) atoms. The zero-order valence-corrected chi connectivity index (χ0v) is 16.5. The number of quaternary nitrogens is 1. The number of likely N-dealkylation sites (N-methyl/N-ethyl adjacent to an activating group) is 1. The predicted molar refractivity (Wildman–Crippen MR) is 106 cm³/mol. The van der Waals surface area contributed by atoms with E-state index in [4.69, 9.17) is 16.3 Å². The second-order valence-corrected chi connectivity index (χ2v) is 6.80. The molecule has 0 aliphatic heterocycles. The van der Waals surface area contributed by atoms with Gasteiger partial charge in [0, 0.05) is 16.3 Å². The summed E-state index contributed by atoms with van der Waals surface area (Å²) < 4.78 is 5.13. The predicted octanol–water partition coefficient (Wildman–Crippen LogP) is 1.43. The monoisotopic (exact) mass is 390 g/mol. The van der Waals surface area contributed by atoms with E-state index in [0.29, 0.717) is 17.3 Å². The molecule has 0 heterocycles. The van der Waals surface area contributed by atoms with Gasteiger partial charge in [-0.05, 0) is 48.9 Å². The van der Waals surface area contributed by atoms with Crippen molar-refractivity contribution in [2.24, 2.45) is 0 Å². The summed E-state index contributed by atoms with van der Waals surface area (Å²) >= 11 is 6.03. The lowest BCUT2D eigenvalue weighted by Crippen LogP contribution is -3.08. The first-order valence-corrected chi connectivity index (χ1v) is 9.02. The second-order valence-electron chi connectivity index (χ2n) is 6.40. The number of hydrogen-bond acceptors (Lipinski definition) is 3. The van der Waals surface area contributed by atoms with Crippen LogP contribution in [-0.2, 0) is 16.1 Å². The van der Waals surface area contributed by atoms with Crippen molar-refractivity contribution in [2.45, 2.75) is 13.5 Å². The van der Waals surface area contributed by atoms with Gasteiger partial charge in [-0.1, -0.05) is 17.7 Å². The molecule has 2 rings (SSSR count). The minimum Gasteiger partial charge on any atom is -0.497 e. The van der Waals surface area contributed by atoms with E-state index in [9.17, 15) is 9.59 Å². The molecular weight excluding hydrogens is 366 g/mol. The van der Waals surface area contributed by atoms with E-state index in [2.05, 4.69) is 10.6 Å². The van der Waals surface area contributed by atoms with Crippen LogP contribution in [0.5, 0.6) is 5.75 Å². The maximum absolute atomic E-state index is 12.1. The average Bonchev–Trinajstić information content (AvgIpc) is 2.64. The highest BCUT2D eigenvalue weighted by molar-refractivity contribution is 6.31. The van der Waals surface area contributed by atoms with Gasteiger partial charge in [0.1, 0.15) is 12.3 Å². The summed E-state index contributed by atoms with van der Waals surface area (Å²) in [6.07, 6.45) is 0. The smallest absolute Gasteiger partial charge is 0.275 e. The normalized spacial score (nSPS) is 11.6. The van der Waals surface area contributed by atoms with Gasteiger partial charge in [-0.25, -0.2) is 0 Å². The van der Waals surface area contributed by atoms with E-state index in [1.54, 1.807) is 25.3 Å². The molecule has 0 aromatic heterocycles. The maximum Gasteiger partial charge on any atom is 0.275 e. The Labute approximate surface area is 164 Å². The molecule has 0 saturated carbocycles. The van der Waals surface area contributed by atoms with Crippen molar-refractivity contribution < 1.29 is 19.2 Å². The summed E-state index contributed by atoms with van der Waals surface area (Å²) in [6, 6.07) is 13.0. The molecule has 2 aromatic rings. The fraction of sp³-hybridized carbons (Fsp3) is 0.300. The highest BCUT2D eigenvalue weighted by atomic mass is 35.5. The Balaban J connectivity index is 1.75. The van der Waals surface area contributed by atoms with Crippen LogP contribution in [0.25, 0.3) is 0 Å². The lowest BCUT2D eigenvalue weighted by molar-refractivity contribution is -0.885. The van der Waals surface area contributed by atoms with Crippen molar-refractivity contribution in [1.29, 1.82) is 0 Å². The van der Waals surface area contributed by atoms with Crippen molar-refractivity contribution in [3.8, 4) is 5.75 Å². The highest BCUT2D eigenvalue weighted by Gasteiger charge is 2.13. The number of ether oxygens (including phenoxy) is 1. The summed E-state index contributed by atoms with van der Waals surface area (Å²) in [4.78, 5) is 25.1. The second kappa shape index (κ2) is 9.94. The topological polar surface area (TPSA) is 71.9 Å². The maximum atomic E-state index is 12.1. The number of carbonyl (C=O) groups excluding carboxylic acids is 2. The van der Waals surface area contributed by atoms with Gasteiger partial charge in [-0.15, -0.1) is 0 Å². The molecule has 0 aliphatic rings. The summed E-state index contributed by atoms with van der Waals surface area (Å²) in [5, 5.41) is 5.98. The number of benzene rings is 2. The van der Waals surface area contributed by atoms with Crippen molar-refractivity contribution in [3.05, 3.63) is 58.6 Å². The molecule has 6 nitrogen and oxygen atoms in total. The number of anilines is 1. The minimum absolute atomic E-state index is 0.0827. The standard InChI is InChI=1S/C20H24ClN3O3/c1-14-17(21)5-4-6-18(14)23-19(25)11-22-20(26)13-24(2)12-15-7-9-16(27-3)10-8-15/h4-10H,11-13H2,1-3H3,(H,22,26)(H,23,25)/p+1. The van der Waals surface area contributed by atoms with Crippen LogP contribution >= 0.6 is 11.6 Å². The third-order valence-corrected chi connectivity index (χ3v) is 4.52. The van der Waals surface area contributed by atoms with Crippen LogP contribution in [0.4, 0.5) is 5.69 Å². The molecule has 1 atom stereocenters. The first kappa shape index (κ1) is 20.7. The fourth-order valence-electron chi connectivity index (χ4n) is 2.61. The number of halogens is 1. The van der Waals surface area contributed by atoms with Gasteiger partial charge < -0.3 is 20.3 Å². The van der Waals surface area contributed by atoms with Crippen molar-refractivity contribution in [3.63, 3.8) is 0 Å². The van der Waals surface area contributed by atoms with Crippen LogP contribution in [0.1, 0.15) is 11.1 Å². The third kappa shape index (κ3) is 6.58. The van der Waals surface area contributed by atoms with Gasteiger partial charge in [0.25, 0.3) is 5.91 Å². The van der Waals surface area contributed by atoms with Crippen LogP contribution < -0.4 is 20.3 Å². The Morgan fingerprint density at radius 2 is 1.81 bits per heavy atom. The number of rotatable bonds is 8. The summed E-state index contributed by atoms with van der Waals surface area (Å²) in [5.74, 6) is 0.329. The lowest BCUT2D eigenvalue weighted by Gasteiger charge is -2.14. The molecule has 0 bridgehead atoms. The van der Waals surface area contributed by atoms with E-state index in [1.165, 1.54) is 0 Å². The van der Waals surface area contributed by atoms with Crippen LogP contribution in [-0.4, -0.2) is 39.1 Å². The number of nitrogens with one attached hydrogen (secondary N) is 3. The fourth-order valence-corrected chi connectivity index (χ4v) is 2.78. The number of hydrogen-bond donors (Lipinski definition) is 3. The Morgan fingerprint density at radius 3 is 2.48 bits per heavy atom. The quantitative estimate of drug-likeness (QED) is 0.638. The summed E-state index contributed by atoms with van der Waals surface area (Å²) in [5.41, 5.74) is 2.54. The van der Waals surface area contributed by atoms with Crippen molar-refractivity contribution >= 4 is 29.1 Å². The molecule has 0 aliphatic carbocycles. The van der Waals surface area contributed by atoms with Crippen molar-refractivity contribution in [2.75, 3.05) is 32.6 Å². The molecule has 144 valence electrons. The molecule has 0 fully saturated rings. The Hall–Kier alpha value is -2.57. The molecule has 0 spiro atoms. The molecule has 1 unspecified atom stereocenters. The Morgan fingerprint density at radius 1 is 1.11 bits per heavy atom. The number of amides is 2. The van der Waals surface area contributed by atoms with E-state index in [1.807, 2.05) is 38.2 Å². The molecule has 2 amide bonds. The van der Waals surface area contributed by atoms with Gasteiger partial charge in [-0.2, -0.15) is 0 Å². The Bertz CT molecular complexity index is 794. The zero-order valence-electron chi connectivity index (χ0n) is 15.8. The van der Waals surface area contributed by atoms with Crippen LogP contribution in [0.15, 0.2) is 42.5 Å². The third-order valence-electron chi connectivity index (χ3n) is 4.12. The van der Waals surface area contributed by atoms with E-state index < -0.39 is 0 Å². The van der Waals surface area contributed by atoms with Gasteiger partial charge in [-0.3, -0.25) is 9.59 Å². The Kier molecular flexibility index (Phi) is 7.64. The van der Waals surface area contributed by atoms with Crippen LogP contribution in [0.3, 0.4) is 0 Å². The largest absolute Gasteiger partial charge is 0.497 e. The first-order chi connectivity index (χ1) is 12.9. The number of methoxy groups -OCH3 is 1. The molecule has 0 saturated heterocycles. The first-order valence-electron chi connectivity index (χ1n) is 8.65. The molecule has 2 aromatic carbocycles. The number of carbonyl (C=O) groups is 2. The average molecular weight is 391 g/mol. The molecule has 3 N–H and O–H groups in total. The van der Waals surface area contributed by atoms with E-state index in [-0.39, 0.29) is 24.9 Å². The van der Waals surface area contributed by atoms with Crippen LogP contribution in [0.2, 0.25) is 5.02 Å². The summed E-state index contributed by atoms with van der Waals surface area (Å²) in [6.45, 7) is 2.72. The van der Waals surface area contributed by atoms with Crippen molar-refractivity contribution in [1.82, 2.24) is 5.32 Å². The minimum atomic E-state index is -0.290. The van der Waals surface area contributed by atoms with Gasteiger partial charge in [0.15, 0.2) is 6.54 Å². The van der Waals surface area contributed by atoms with Gasteiger partial charge in [0.2, 0.25) is 5.91 Å². The van der Waals surface area contributed by atoms with E-state index >= 15 is 0 Å². The van der Waals surface area contributed by atoms with Crippen LogP contribution in [0, 0.1) is 6.92 Å².